The van der Waals surface area contributed by atoms with E-state index in [2.05, 4.69) is 35.8 Å². The van der Waals surface area contributed by atoms with Gasteiger partial charge in [0, 0.05) is 25.9 Å². The summed E-state index contributed by atoms with van der Waals surface area (Å²) < 4.78 is 0. The number of amides is 2. The zero-order valence-electron chi connectivity index (χ0n) is 44.0. The van der Waals surface area contributed by atoms with Crippen LogP contribution in [0.25, 0.3) is 0 Å². The number of nitrogens with one attached hydrogen (secondary N) is 1. The number of thioether (sulfide) groups is 1. The van der Waals surface area contributed by atoms with Crippen molar-refractivity contribution in [2.75, 3.05) is 31.1 Å². The van der Waals surface area contributed by atoms with Crippen LogP contribution in [0.3, 0.4) is 0 Å². The standard InChI is InChI=1S/C58H114N2O4S/c1-3-5-6-7-8-9-33-38-43-48-53-65-54-49-44-39-34-29-27-25-23-21-19-17-15-13-11-10-12-14-16-18-20-22-24-26-28-30-36-41-46-51-57(62)60(4-2)52-47-42-37-32-31-35-40-45-50-56(61)59-55-58(63)64/h3-55H2,1-2H3,(H,59,61)(H,63,64). The summed E-state index contributed by atoms with van der Waals surface area (Å²) >= 11 is 2.22. The molecule has 0 aliphatic rings. The number of unbranched alkanes of at least 4 members (excludes halogenated alkanes) is 43. The van der Waals surface area contributed by atoms with Gasteiger partial charge in [0.05, 0.1) is 0 Å². The van der Waals surface area contributed by atoms with E-state index in [1.807, 2.05) is 0 Å². The fraction of sp³-hybridized carbons (Fsp3) is 0.948. The molecule has 0 unspecified atom stereocenters. The van der Waals surface area contributed by atoms with E-state index in [0.29, 0.717) is 18.7 Å². The van der Waals surface area contributed by atoms with Crippen LogP contribution < -0.4 is 5.32 Å². The molecule has 65 heavy (non-hydrogen) atoms. The van der Waals surface area contributed by atoms with Gasteiger partial charge in [0.1, 0.15) is 6.54 Å². The third kappa shape index (κ3) is 53.6. The van der Waals surface area contributed by atoms with E-state index >= 15 is 0 Å². The van der Waals surface area contributed by atoms with Crippen LogP contribution in [0, 0.1) is 0 Å². The van der Waals surface area contributed by atoms with E-state index in [9.17, 15) is 14.4 Å². The summed E-state index contributed by atoms with van der Waals surface area (Å²) in [7, 11) is 0. The lowest BCUT2D eigenvalue weighted by atomic mass is 10.0. The Balaban J connectivity index is 3.26. The zero-order chi connectivity index (χ0) is 47.2. The molecule has 0 rings (SSSR count). The van der Waals surface area contributed by atoms with Gasteiger partial charge in [0.25, 0.3) is 0 Å². The van der Waals surface area contributed by atoms with Crippen LogP contribution in [0.15, 0.2) is 0 Å². The minimum Gasteiger partial charge on any atom is -0.480 e. The van der Waals surface area contributed by atoms with Crippen LogP contribution in [0.1, 0.15) is 322 Å². The molecule has 0 aromatic carbocycles. The monoisotopic (exact) mass is 935 g/mol. The van der Waals surface area contributed by atoms with Crippen molar-refractivity contribution >= 4 is 29.5 Å². The summed E-state index contributed by atoms with van der Waals surface area (Å²) in [5.41, 5.74) is 0. The molecule has 0 bridgehead atoms. The first-order valence-electron chi connectivity index (χ1n) is 29.3. The Morgan fingerprint density at radius 2 is 0.646 bits per heavy atom. The Morgan fingerprint density at radius 3 is 0.954 bits per heavy atom. The number of hydrogen-bond acceptors (Lipinski definition) is 4. The van der Waals surface area contributed by atoms with Gasteiger partial charge in [-0.25, -0.2) is 0 Å². The maximum Gasteiger partial charge on any atom is 0.322 e. The maximum absolute atomic E-state index is 12.7. The van der Waals surface area contributed by atoms with Gasteiger partial charge in [-0.05, 0) is 50.5 Å². The highest BCUT2D eigenvalue weighted by Crippen LogP contribution is 2.19. The van der Waals surface area contributed by atoms with E-state index < -0.39 is 5.97 Å². The number of carboxylic acid groups (broad SMARTS) is 1. The zero-order valence-corrected chi connectivity index (χ0v) is 44.8. The normalized spacial score (nSPS) is 11.4. The Labute approximate surface area is 410 Å². The highest BCUT2D eigenvalue weighted by molar-refractivity contribution is 7.99. The average Bonchev–Trinajstić information content (AvgIpc) is 3.30. The first-order chi connectivity index (χ1) is 32.0. The molecule has 0 aliphatic carbocycles. The van der Waals surface area contributed by atoms with Gasteiger partial charge >= 0.3 is 5.97 Å². The van der Waals surface area contributed by atoms with Gasteiger partial charge in [-0.2, -0.15) is 11.8 Å². The molecule has 0 radical (unpaired) electrons. The molecule has 0 spiro atoms. The highest BCUT2D eigenvalue weighted by atomic mass is 32.2. The third-order valence-electron chi connectivity index (χ3n) is 13.8. The lowest BCUT2D eigenvalue weighted by molar-refractivity contribution is -0.138. The number of nitrogens with zero attached hydrogens (tertiary/aromatic N) is 1. The summed E-state index contributed by atoms with van der Waals surface area (Å²) in [5.74, 6) is 1.97. The van der Waals surface area contributed by atoms with Crippen LogP contribution in [0.4, 0.5) is 0 Å². The maximum atomic E-state index is 12.7. The number of aliphatic carboxylic acids is 1. The van der Waals surface area contributed by atoms with Crippen LogP contribution in [-0.2, 0) is 14.4 Å². The number of hydrogen-bond donors (Lipinski definition) is 2. The molecule has 0 aliphatic heterocycles. The quantitative estimate of drug-likeness (QED) is 0.0593. The molecule has 386 valence electrons. The van der Waals surface area contributed by atoms with Gasteiger partial charge in [0.15, 0.2) is 0 Å². The van der Waals surface area contributed by atoms with Crippen molar-refractivity contribution in [2.24, 2.45) is 0 Å². The van der Waals surface area contributed by atoms with Gasteiger partial charge in [-0.15, -0.1) is 0 Å². The van der Waals surface area contributed by atoms with Gasteiger partial charge in [-0.3, -0.25) is 14.4 Å². The smallest absolute Gasteiger partial charge is 0.322 e. The second-order valence-electron chi connectivity index (χ2n) is 20.2. The van der Waals surface area contributed by atoms with Crippen molar-refractivity contribution in [3.05, 3.63) is 0 Å². The average molecular weight is 936 g/mol. The second kappa shape index (κ2) is 55.4. The predicted octanol–water partition coefficient (Wildman–Crippen LogP) is 18.5. The topological polar surface area (TPSA) is 86.7 Å². The first kappa shape index (κ1) is 63.8. The van der Waals surface area contributed by atoms with Crippen molar-refractivity contribution in [1.29, 1.82) is 0 Å². The predicted molar refractivity (Wildman–Crippen MR) is 288 cm³/mol. The molecule has 0 aromatic rings. The number of carbonyl (C=O) groups excluding carboxylic acids is 2. The Morgan fingerprint density at radius 1 is 0.369 bits per heavy atom. The molecule has 2 N–H and O–H groups in total. The first-order valence-corrected chi connectivity index (χ1v) is 30.5. The van der Waals surface area contributed by atoms with E-state index in [0.717, 1.165) is 45.2 Å². The number of carbonyl (C=O) groups is 3. The third-order valence-corrected chi connectivity index (χ3v) is 15.0. The largest absolute Gasteiger partial charge is 0.480 e. The summed E-state index contributed by atoms with van der Waals surface area (Å²) in [6.07, 6.45) is 64.0. The molecule has 0 aromatic heterocycles. The van der Waals surface area contributed by atoms with Crippen molar-refractivity contribution in [3.8, 4) is 0 Å². The van der Waals surface area contributed by atoms with E-state index in [1.165, 1.54) is 275 Å². The SMILES string of the molecule is CCCCCCCCCCCCSCCCCCCCCCCCCCCCCCCCCCCCCCCCCCCC(=O)N(CC)CCCCCCCCCCC(=O)NCC(=O)O. The molecule has 2 amide bonds. The minimum atomic E-state index is -1.00. The Bertz CT molecular complexity index is 979. The molecule has 0 heterocycles. The highest BCUT2D eigenvalue weighted by Gasteiger charge is 2.11. The van der Waals surface area contributed by atoms with Crippen LogP contribution in [-0.4, -0.2) is 58.9 Å². The van der Waals surface area contributed by atoms with Crippen molar-refractivity contribution in [3.63, 3.8) is 0 Å². The summed E-state index contributed by atoms with van der Waals surface area (Å²) in [4.78, 5) is 36.8. The van der Waals surface area contributed by atoms with Gasteiger partial charge < -0.3 is 15.3 Å². The second-order valence-corrected chi connectivity index (χ2v) is 21.4. The Hall–Kier alpha value is -1.24. The molecular weight excluding hydrogens is 821 g/mol. The van der Waals surface area contributed by atoms with Crippen molar-refractivity contribution in [2.45, 2.75) is 322 Å². The van der Waals surface area contributed by atoms with Gasteiger partial charge in [0.2, 0.25) is 11.8 Å². The summed E-state index contributed by atoms with van der Waals surface area (Å²) in [6.45, 7) is 5.82. The molecular formula is C58H114N2O4S. The lowest BCUT2D eigenvalue weighted by Crippen LogP contribution is -2.31. The molecule has 7 heteroatoms. The molecule has 6 nitrogen and oxygen atoms in total. The summed E-state index contributed by atoms with van der Waals surface area (Å²) in [5, 5.41) is 11.0. The van der Waals surface area contributed by atoms with E-state index in [4.69, 9.17) is 5.11 Å². The van der Waals surface area contributed by atoms with Crippen molar-refractivity contribution in [1.82, 2.24) is 10.2 Å². The Kier molecular flexibility index (Phi) is 54.3. The van der Waals surface area contributed by atoms with E-state index in [1.54, 1.807) is 0 Å². The fourth-order valence-corrected chi connectivity index (χ4v) is 10.4. The molecule has 0 atom stereocenters. The fourth-order valence-electron chi connectivity index (χ4n) is 9.40. The molecule has 0 saturated carbocycles. The molecule has 0 saturated heterocycles. The minimum absolute atomic E-state index is 0.171. The van der Waals surface area contributed by atoms with Crippen molar-refractivity contribution < 1.29 is 19.5 Å². The lowest BCUT2D eigenvalue weighted by Gasteiger charge is -2.21. The van der Waals surface area contributed by atoms with Crippen LogP contribution in [0.5, 0.6) is 0 Å². The summed E-state index contributed by atoms with van der Waals surface area (Å²) in [6, 6.07) is 0. The number of rotatable bonds is 56. The van der Waals surface area contributed by atoms with Crippen LogP contribution in [0.2, 0.25) is 0 Å². The van der Waals surface area contributed by atoms with E-state index in [-0.39, 0.29) is 12.5 Å². The van der Waals surface area contributed by atoms with Gasteiger partial charge in [-0.1, -0.05) is 270 Å². The van der Waals surface area contributed by atoms with Crippen LogP contribution >= 0.6 is 11.8 Å². The molecule has 0 fully saturated rings. The number of carboxylic acids is 1.